The molecule has 2 aliphatic heterocycles. The zero-order valence-corrected chi connectivity index (χ0v) is 22.3. The first-order valence-electron chi connectivity index (χ1n) is 12.9. The average molecular weight is 545 g/mol. The maximum absolute atomic E-state index is 13.8. The number of likely N-dealkylation sites (tertiary alicyclic amines) is 1. The zero-order valence-electron chi connectivity index (χ0n) is 20.6. The van der Waals surface area contributed by atoms with Crippen LogP contribution in [0.3, 0.4) is 0 Å². The van der Waals surface area contributed by atoms with Crippen molar-refractivity contribution in [3.63, 3.8) is 0 Å². The second-order valence-corrected chi connectivity index (χ2v) is 12.9. The van der Waals surface area contributed by atoms with E-state index in [1.165, 1.54) is 33.2 Å². The molecule has 2 saturated heterocycles. The van der Waals surface area contributed by atoms with Crippen molar-refractivity contribution in [2.45, 2.75) is 68.8 Å². The molecular formula is C26H32N4O5S2. The third-order valence-electron chi connectivity index (χ3n) is 7.75. The molecule has 4 heterocycles. The number of Topliss-reactive ketones (excluding diaryl/α,β-unsaturated/α-hetero) is 1. The Morgan fingerprint density at radius 3 is 2.65 bits per heavy atom. The lowest BCUT2D eigenvalue weighted by Gasteiger charge is -2.31. The van der Waals surface area contributed by atoms with Gasteiger partial charge in [-0.1, -0.05) is 38.2 Å². The Labute approximate surface area is 221 Å². The van der Waals surface area contributed by atoms with Crippen LogP contribution >= 0.6 is 11.3 Å². The molecule has 0 bridgehead atoms. The maximum Gasteiger partial charge on any atom is 0.252 e. The van der Waals surface area contributed by atoms with Crippen LogP contribution in [0.15, 0.2) is 41.2 Å². The van der Waals surface area contributed by atoms with E-state index in [0.717, 1.165) is 25.7 Å². The molecule has 0 aromatic carbocycles. The Morgan fingerprint density at radius 1 is 1.14 bits per heavy atom. The zero-order chi connectivity index (χ0) is 26.0. The Bertz CT molecular complexity index is 1230. The summed E-state index contributed by atoms with van der Waals surface area (Å²) in [7, 11) is -3.80. The highest BCUT2D eigenvalue weighted by Gasteiger charge is 2.54. The summed E-state index contributed by atoms with van der Waals surface area (Å²) in [5, 5.41) is 6.50. The summed E-state index contributed by atoms with van der Waals surface area (Å²) in [5.74, 6) is -0.832. The first-order chi connectivity index (χ1) is 17.8. The summed E-state index contributed by atoms with van der Waals surface area (Å²) >= 11 is 1.41. The number of fused-ring (bicyclic) bond motifs is 1. The van der Waals surface area contributed by atoms with Gasteiger partial charge in [0.2, 0.25) is 15.9 Å². The predicted molar refractivity (Wildman–Crippen MR) is 139 cm³/mol. The van der Waals surface area contributed by atoms with E-state index in [2.05, 4.69) is 10.3 Å². The minimum atomic E-state index is -3.80. The van der Waals surface area contributed by atoms with Crippen LogP contribution in [0.2, 0.25) is 0 Å². The molecule has 2 aromatic rings. The number of pyridine rings is 1. The van der Waals surface area contributed by atoms with Crippen molar-refractivity contribution < 1.29 is 22.8 Å². The normalized spacial score (nSPS) is 23.7. The SMILES string of the molecule is O=C(NC(CC1CCCCC1)C(=O)N1CCC2C1C(=O)CN2S(=O)(=O)Cc1ccccn1)c1ccsc1. The van der Waals surface area contributed by atoms with E-state index in [9.17, 15) is 22.8 Å². The van der Waals surface area contributed by atoms with Crippen LogP contribution in [0.25, 0.3) is 0 Å². The largest absolute Gasteiger partial charge is 0.340 e. The van der Waals surface area contributed by atoms with Crippen LogP contribution in [0.4, 0.5) is 0 Å². The average Bonchev–Trinajstić information content (AvgIpc) is 3.63. The summed E-state index contributed by atoms with van der Waals surface area (Å²) in [4.78, 5) is 45.5. The molecule has 3 fully saturated rings. The van der Waals surface area contributed by atoms with Gasteiger partial charge in [0.1, 0.15) is 17.8 Å². The van der Waals surface area contributed by atoms with Gasteiger partial charge in [-0.2, -0.15) is 15.6 Å². The molecule has 1 saturated carbocycles. The second-order valence-electron chi connectivity index (χ2n) is 10.2. The lowest BCUT2D eigenvalue weighted by Crippen LogP contribution is -2.53. The van der Waals surface area contributed by atoms with Crippen LogP contribution in [0, 0.1) is 5.92 Å². The van der Waals surface area contributed by atoms with E-state index in [1.54, 1.807) is 29.6 Å². The van der Waals surface area contributed by atoms with Gasteiger partial charge in [0, 0.05) is 18.1 Å². The van der Waals surface area contributed by atoms with Gasteiger partial charge in [0.05, 0.1) is 23.8 Å². The minimum absolute atomic E-state index is 0.247. The fraction of sp³-hybridized carbons (Fsp3) is 0.538. The molecule has 11 heteroatoms. The Kier molecular flexibility index (Phi) is 7.73. The van der Waals surface area contributed by atoms with Crippen molar-refractivity contribution in [2.75, 3.05) is 13.1 Å². The summed E-state index contributed by atoms with van der Waals surface area (Å²) < 4.78 is 27.7. The molecule has 3 unspecified atom stereocenters. The quantitative estimate of drug-likeness (QED) is 0.546. The Morgan fingerprint density at radius 2 is 1.95 bits per heavy atom. The topological polar surface area (TPSA) is 117 Å². The highest BCUT2D eigenvalue weighted by molar-refractivity contribution is 7.88. The number of hydrogen-bond acceptors (Lipinski definition) is 7. The number of carbonyl (C=O) groups is 3. The van der Waals surface area contributed by atoms with E-state index in [1.807, 2.05) is 5.38 Å². The van der Waals surface area contributed by atoms with Crippen molar-refractivity contribution in [1.82, 2.24) is 19.5 Å². The number of nitrogens with one attached hydrogen (secondary N) is 1. The van der Waals surface area contributed by atoms with Gasteiger partial charge in [0.25, 0.3) is 5.91 Å². The predicted octanol–water partition coefficient (Wildman–Crippen LogP) is 2.60. The van der Waals surface area contributed by atoms with Gasteiger partial charge < -0.3 is 10.2 Å². The number of sulfonamides is 1. The molecular weight excluding hydrogens is 512 g/mol. The fourth-order valence-corrected chi connectivity index (χ4v) is 8.25. The molecule has 3 aliphatic rings. The number of amides is 2. The third kappa shape index (κ3) is 5.63. The minimum Gasteiger partial charge on any atom is -0.340 e. The van der Waals surface area contributed by atoms with Crippen molar-refractivity contribution >= 4 is 39.0 Å². The van der Waals surface area contributed by atoms with Gasteiger partial charge in [-0.05, 0) is 42.3 Å². The maximum atomic E-state index is 13.8. The molecule has 9 nitrogen and oxygen atoms in total. The third-order valence-corrected chi connectivity index (χ3v) is 10.2. The molecule has 1 N–H and O–H groups in total. The number of rotatable bonds is 8. The molecule has 2 amide bonds. The number of ketones is 1. The van der Waals surface area contributed by atoms with Gasteiger partial charge in [0.15, 0.2) is 5.78 Å². The number of hydrogen-bond donors (Lipinski definition) is 1. The second kappa shape index (κ2) is 11.0. The smallest absolute Gasteiger partial charge is 0.252 e. The lowest BCUT2D eigenvalue weighted by atomic mass is 9.84. The van der Waals surface area contributed by atoms with E-state index < -0.39 is 28.1 Å². The monoisotopic (exact) mass is 544 g/mol. The van der Waals surface area contributed by atoms with Crippen LogP contribution in [0.5, 0.6) is 0 Å². The number of nitrogens with zero attached hydrogens (tertiary/aromatic N) is 3. The number of thiophene rings is 1. The van der Waals surface area contributed by atoms with Gasteiger partial charge in [-0.15, -0.1) is 0 Å². The van der Waals surface area contributed by atoms with E-state index in [-0.39, 0.29) is 36.4 Å². The molecule has 37 heavy (non-hydrogen) atoms. The molecule has 0 radical (unpaired) electrons. The Balaban J connectivity index is 1.33. The highest BCUT2D eigenvalue weighted by Crippen LogP contribution is 2.34. The molecule has 1 aliphatic carbocycles. The van der Waals surface area contributed by atoms with E-state index in [0.29, 0.717) is 30.0 Å². The molecule has 5 rings (SSSR count). The molecule has 3 atom stereocenters. The molecule has 198 valence electrons. The first kappa shape index (κ1) is 26.0. The van der Waals surface area contributed by atoms with Gasteiger partial charge in [-0.25, -0.2) is 8.42 Å². The van der Waals surface area contributed by atoms with Gasteiger partial charge >= 0.3 is 0 Å². The number of aromatic nitrogens is 1. The van der Waals surface area contributed by atoms with Crippen molar-refractivity contribution in [3.05, 3.63) is 52.5 Å². The van der Waals surface area contributed by atoms with Crippen LogP contribution in [0.1, 0.15) is 61.0 Å². The summed E-state index contributed by atoms with van der Waals surface area (Å²) in [6.07, 6.45) is 7.89. The standard InChI is InChI=1S/C26H32N4O5S2/c31-23-15-30(37(34,35)17-20-8-4-5-11-27-20)22-9-12-29(24(22)23)26(33)21(14-18-6-2-1-3-7-18)28-25(32)19-10-13-36-16-19/h4-5,8,10-11,13,16,18,21-22,24H,1-3,6-7,9,12,14-15,17H2,(H,28,32). The van der Waals surface area contributed by atoms with Crippen LogP contribution < -0.4 is 5.32 Å². The summed E-state index contributed by atoms with van der Waals surface area (Å²) in [6.45, 7) is 0.0356. The van der Waals surface area contributed by atoms with Crippen LogP contribution in [-0.2, 0) is 25.4 Å². The molecule has 2 aromatic heterocycles. The Hall–Kier alpha value is -2.63. The van der Waals surface area contributed by atoms with Crippen molar-refractivity contribution in [1.29, 1.82) is 0 Å². The lowest BCUT2D eigenvalue weighted by molar-refractivity contribution is -0.138. The van der Waals surface area contributed by atoms with E-state index in [4.69, 9.17) is 0 Å². The number of carbonyl (C=O) groups excluding carboxylic acids is 3. The molecule has 0 spiro atoms. The van der Waals surface area contributed by atoms with Gasteiger partial charge in [-0.3, -0.25) is 19.4 Å². The highest BCUT2D eigenvalue weighted by atomic mass is 32.2. The summed E-state index contributed by atoms with van der Waals surface area (Å²) in [6, 6.07) is 4.64. The fourth-order valence-electron chi connectivity index (χ4n) is 5.95. The van der Waals surface area contributed by atoms with Crippen LogP contribution in [-0.4, -0.2) is 71.4 Å². The van der Waals surface area contributed by atoms with Crippen molar-refractivity contribution in [3.8, 4) is 0 Å². The first-order valence-corrected chi connectivity index (χ1v) is 15.4. The summed E-state index contributed by atoms with van der Waals surface area (Å²) in [5.41, 5.74) is 0.919. The van der Waals surface area contributed by atoms with E-state index >= 15 is 0 Å². The van der Waals surface area contributed by atoms with Crippen molar-refractivity contribution in [2.24, 2.45) is 5.92 Å².